The van der Waals surface area contributed by atoms with Gasteiger partial charge in [-0.15, -0.1) is 0 Å². The fraction of sp³-hybridized carbons (Fsp3) is 0.238. The molecule has 2 N–H and O–H groups in total. The number of carbonyl (C=O) groups is 1. The zero-order valence-corrected chi connectivity index (χ0v) is 14.9. The summed E-state index contributed by atoms with van der Waals surface area (Å²) in [6, 6.07) is 17.1. The predicted molar refractivity (Wildman–Crippen MR) is 102 cm³/mol. The topological polar surface area (TPSA) is 71.2 Å². The van der Waals surface area contributed by atoms with Crippen molar-refractivity contribution in [1.29, 1.82) is 0 Å². The van der Waals surface area contributed by atoms with Crippen molar-refractivity contribution < 1.29 is 9.53 Å². The van der Waals surface area contributed by atoms with Crippen LogP contribution in [-0.4, -0.2) is 18.0 Å². The standard InChI is InChI=1S/C21H22N2O3/c1-14(15-7-9-18(26-2)10-8-15)11-20(24)22-13-17-12-16-5-3-4-6-19(16)23-21(17)25/h3-10,12,14H,11,13H2,1-2H3,(H,22,24)(H,23,25). The third-order valence-electron chi connectivity index (χ3n) is 4.48. The fourth-order valence-electron chi connectivity index (χ4n) is 2.92. The van der Waals surface area contributed by atoms with Gasteiger partial charge in [-0.2, -0.15) is 0 Å². The lowest BCUT2D eigenvalue weighted by Gasteiger charge is -2.13. The Kier molecular flexibility index (Phi) is 5.37. The number of hydrogen-bond acceptors (Lipinski definition) is 3. The molecule has 0 saturated heterocycles. The Bertz CT molecular complexity index is 961. The largest absolute Gasteiger partial charge is 0.497 e. The molecule has 0 saturated carbocycles. The lowest BCUT2D eigenvalue weighted by Crippen LogP contribution is -2.27. The van der Waals surface area contributed by atoms with Gasteiger partial charge in [0.1, 0.15) is 5.75 Å². The van der Waals surface area contributed by atoms with Gasteiger partial charge in [0.25, 0.3) is 5.56 Å². The highest BCUT2D eigenvalue weighted by atomic mass is 16.5. The molecule has 5 nitrogen and oxygen atoms in total. The van der Waals surface area contributed by atoms with E-state index in [9.17, 15) is 9.59 Å². The molecule has 1 heterocycles. The van der Waals surface area contributed by atoms with Crippen LogP contribution in [0.5, 0.6) is 5.75 Å². The number of benzene rings is 2. The molecule has 1 unspecified atom stereocenters. The quantitative estimate of drug-likeness (QED) is 0.716. The van der Waals surface area contributed by atoms with Crippen LogP contribution in [0.1, 0.15) is 30.4 Å². The SMILES string of the molecule is COc1ccc(C(C)CC(=O)NCc2cc3ccccc3[nH]c2=O)cc1. The van der Waals surface area contributed by atoms with E-state index >= 15 is 0 Å². The molecule has 0 aliphatic rings. The van der Waals surface area contributed by atoms with Crippen LogP contribution in [0.25, 0.3) is 10.9 Å². The highest BCUT2D eigenvalue weighted by Crippen LogP contribution is 2.21. The summed E-state index contributed by atoms with van der Waals surface area (Å²) in [5.74, 6) is 0.789. The summed E-state index contributed by atoms with van der Waals surface area (Å²) in [5, 5.41) is 3.79. The second-order valence-electron chi connectivity index (χ2n) is 6.37. The molecule has 5 heteroatoms. The molecule has 3 rings (SSSR count). The Labute approximate surface area is 152 Å². The van der Waals surface area contributed by atoms with Crippen LogP contribution < -0.4 is 15.6 Å². The van der Waals surface area contributed by atoms with Gasteiger partial charge in [0, 0.05) is 24.0 Å². The van der Waals surface area contributed by atoms with Gasteiger partial charge in [0.2, 0.25) is 5.91 Å². The van der Waals surface area contributed by atoms with E-state index in [2.05, 4.69) is 10.3 Å². The maximum Gasteiger partial charge on any atom is 0.253 e. The van der Waals surface area contributed by atoms with Crippen molar-refractivity contribution in [3.05, 3.63) is 76.1 Å². The van der Waals surface area contributed by atoms with Gasteiger partial charge in [-0.1, -0.05) is 37.3 Å². The Morgan fingerprint density at radius 3 is 2.62 bits per heavy atom. The number of hydrogen-bond donors (Lipinski definition) is 2. The molecule has 0 aliphatic carbocycles. The number of methoxy groups -OCH3 is 1. The molecule has 3 aromatic rings. The van der Waals surface area contributed by atoms with E-state index in [4.69, 9.17) is 4.74 Å². The van der Waals surface area contributed by atoms with E-state index in [1.807, 2.05) is 61.5 Å². The number of H-pyrrole nitrogens is 1. The molecule has 1 aromatic heterocycles. The minimum atomic E-state index is -0.174. The first-order valence-corrected chi connectivity index (χ1v) is 8.58. The highest BCUT2D eigenvalue weighted by molar-refractivity contribution is 5.79. The highest BCUT2D eigenvalue weighted by Gasteiger charge is 2.12. The Hall–Kier alpha value is -3.08. The molecule has 2 aromatic carbocycles. The lowest BCUT2D eigenvalue weighted by atomic mass is 9.97. The maximum atomic E-state index is 12.3. The van der Waals surface area contributed by atoms with E-state index in [1.54, 1.807) is 7.11 Å². The molecular formula is C21H22N2O3. The molecule has 0 fully saturated rings. The van der Waals surface area contributed by atoms with Gasteiger partial charge in [0.15, 0.2) is 0 Å². The number of para-hydroxylation sites is 1. The lowest BCUT2D eigenvalue weighted by molar-refractivity contribution is -0.121. The Balaban J connectivity index is 1.61. The van der Waals surface area contributed by atoms with Gasteiger partial charge in [0.05, 0.1) is 7.11 Å². The van der Waals surface area contributed by atoms with Gasteiger partial charge in [-0.3, -0.25) is 9.59 Å². The molecule has 0 radical (unpaired) electrons. The summed E-state index contributed by atoms with van der Waals surface area (Å²) in [4.78, 5) is 27.2. The number of amides is 1. The zero-order valence-electron chi connectivity index (χ0n) is 14.9. The normalized spacial score (nSPS) is 11.9. The number of aromatic amines is 1. The first-order chi connectivity index (χ1) is 12.6. The first kappa shape index (κ1) is 17.7. The number of fused-ring (bicyclic) bond motifs is 1. The third kappa shape index (κ3) is 4.11. The monoisotopic (exact) mass is 350 g/mol. The smallest absolute Gasteiger partial charge is 0.253 e. The summed E-state index contributed by atoms with van der Waals surface area (Å²) in [6.45, 7) is 2.22. The molecule has 0 bridgehead atoms. The number of rotatable bonds is 6. The van der Waals surface area contributed by atoms with Crippen molar-refractivity contribution in [3.63, 3.8) is 0 Å². The van der Waals surface area contributed by atoms with Crippen molar-refractivity contribution in [2.24, 2.45) is 0 Å². The third-order valence-corrected chi connectivity index (χ3v) is 4.48. The van der Waals surface area contributed by atoms with Crippen molar-refractivity contribution in [2.45, 2.75) is 25.8 Å². The van der Waals surface area contributed by atoms with Crippen LogP contribution in [0.15, 0.2) is 59.4 Å². The van der Waals surface area contributed by atoms with Crippen LogP contribution >= 0.6 is 0 Å². The Morgan fingerprint density at radius 1 is 1.15 bits per heavy atom. The van der Waals surface area contributed by atoms with E-state index < -0.39 is 0 Å². The molecule has 0 aliphatic heterocycles. The first-order valence-electron chi connectivity index (χ1n) is 8.58. The van der Waals surface area contributed by atoms with Gasteiger partial charge < -0.3 is 15.0 Å². The van der Waals surface area contributed by atoms with Crippen LogP contribution in [0.3, 0.4) is 0 Å². The number of aromatic nitrogens is 1. The summed E-state index contributed by atoms with van der Waals surface area (Å²) in [6.07, 6.45) is 0.359. The van der Waals surface area contributed by atoms with E-state index in [1.165, 1.54) is 0 Å². The van der Waals surface area contributed by atoms with Crippen LogP contribution in [-0.2, 0) is 11.3 Å². The summed E-state index contributed by atoms with van der Waals surface area (Å²) in [7, 11) is 1.63. The molecule has 1 amide bonds. The summed E-state index contributed by atoms with van der Waals surface area (Å²) in [5.41, 5.74) is 2.24. The van der Waals surface area contributed by atoms with Gasteiger partial charge in [-0.25, -0.2) is 0 Å². The molecule has 0 spiro atoms. The number of carbonyl (C=O) groups excluding carboxylic acids is 1. The van der Waals surface area contributed by atoms with Crippen molar-refractivity contribution in [1.82, 2.24) is 10.3 Å². The van der Waals surface area contributed by atoms with Crippen LogP contribution in [0.2, 0.25) is 0 Å². The fourth-order valence-corrected chi connectivity index (χ4v) is 2.92. The van der Waals surface area contributed by atoms with Crippen molar-refractivity contribution in [2.75, 3.05) is 7.11 Å². The maximum absolute atomic E-state index is 12.3. The van der Waals surface area contributed by atoms with Gasteiger partial charge in [-0.05, 0) is 41.1 Å². The minimum Gasteiger partial charge on any atom is -0.497 e. The molecular weight excluding hydrogens is 328 g/mol. The number of pyridine rings is 1. The Morgan fingerprint density at radius 2 is 1.88 bits per heavy atom. The van der Waals surface area contributed by atoms with Crippen molar-refractivity contribution >= 4 is 16.8 Å². The number of nitrogens with one attached hydrogen (secondary N) is 2. The van der Waals surface area contributed by atoms with E-state index in [0.717, 1.165) is 22.2 Å². The second-order valence-corrected chi connectivity index (χ2v) is 6.37. The average Bonchev–Trinajstić information content (AvgIpc) is 2.66. The summed E-state index contributed by atoms with van der Waals surface area (Å²) >= 11 is 0. The molecule has 134 valence electrons. The van der Waals surface area contributed by atoms with Crippen molar-refractivity contribution in [3.8, 4) is 5.75 Å². The van der Waals surface area contributed by atoms with Crippen LogP contribution in [0, 0.1) is 0 Å². The molecule has 1 atom stereocenters. The summed E-state index contributed by atoms with van der Waals surface area (Å²) < 4.78 is 5.15. The zero-order chi connectivity index (χ0) is 18.5. The van der Waals surface area contributed by atoms with Crippen LogP contribution in [0.4, 0.5) is 0 Å². The molecule has 26 heavy (non-hydrogen) atoms. The van der Waals surface area contributed by atoms with E-state index in [-0.39, 0.29) is 23.9 Å². The second kappa shape index (κ2) is 7.87. The minimum absolute atomic E-state index is 0.0794. The van der Waals surface area contributed by atoms with E-state index in [0.29, 0.717) is 12.0 Å². The predicted octanol–water partition coefficient (Wildman–Crippen LogP) is 3.35. The number of ether oxygens (including phenoxy) is 1. The average molecular weight is 350 g/mol. The van der Waals surface area contributed by atoms with Gasteiger partial charge >= 0.3 is 0 Å².